The summed E-state index contributed by atoms with van der Waals surface area (Å²) in [4.78, 5) is 27.4. The molecule has 7 heteroatoms. The predicted molar refractivity (Wildman–Crippen MR) is 119 cm³/mol. The van der Waals surface area contributed by atoms with Crippen LogP contribution in [-0.4, -0.2) is 29.3 Å². The summed E-state index contributed by atoms with van der Waals surface area (Å²) >= 11 is 18.4. The third-order valence-electron chi connectivity index (χ3n) is 4.51. The number of hydrogen-bond acceptors (Lipinski definition) is 2. The first kappa shape index (κ1) is 23.5. The molecule has 0 radical (unpaired) electrons. The van der Waals surface area contributed by atoms with Crippen molar-refractivity contribution in [2.75, 3.05) is 6.54 Å². The smallest absolute Gasteiger partial charge is 0.242 e. The van der Waals surface area contributed by atoms with Crippen LogP contribution in [0.3, 0.4) is 0 Å². The molecule has 2 aromatic carbocycles. The second-order valence-corrected chi connectivity index (χ2v) is 8.59. The summed E-state index contributed by atoms with van der Waals surface area (Å²) in [6.07, 6.45) is 0.00783. The topological polar surface area (TPSA) is 49.4 Å². The van der Waals surface area contributed by atoms with Crippen molar-refractivity contribution in [3.63, 3.8) is 0 Å². The Morgan fingerprint density at radius 2 is 1.55 bits per heavy atom. The molecule has 2 rings (SSSR count). The molecule has 0 heterocycles. The average molecular weight is 456 g/mol. The van der Waals surface area contributed by atoms with Crippen molar-refractivity contribution in [2.24, 2.45) is 5.92 Å². The van der Waals surface area contributed by atoms with Gasteiger partial charge in [0, 0.05) is 28.2 Å². The van der Waals surface area contributed by atoms with E-state index in [2.05, 4.69) is 5.32 Å². The highest BCUT2D eigenvalue weighted by Crippen LogP contribution is 2.26. The Morgan fingerprint density at radius 3 is 2.10 bits per heavy atom. The molecule has 1 N–H and O–H groups in total. The van der Waals surface area contributed by atoms with E-state index in [1.807, 2.05) is 26.0 Å². The van der Waals surface area contributed by atoms with Gasteiger partial charge in [0.05, 0.1) is 6.42 Å². The first-order valence-corrected chi connectivity index (χ1v) is 10.6. The fourth-order valence-electron chi connectivity index (χ4n) is 2.78. The molecule has 0 aliphatic rings. The van der Waals surface area contributed by atoms with Crippen LogP contribution in [0.2, 0.25) is 15.1 Å². The van der Waals surface area contributed by atoms with E-state index < -0.39 is 6.04 Å². The van der Waals surface area contributed by atoms with Gasteiger partial charge in [0.2, 0.25) is 11.8 Å². The van der Waals surface area contributed by atoms with Crippen LogP contribution in [-0.2, 0) is 22.6 Å². The maximum Gasteiger partial charge on any atom is 0.242 e. The van der Waals surface area contributed by atoms with Crippen LogP contribution >= 0.6 is 34.8 Å². The second-order valence-electron chi connectivity index (χ2n) is 7.34. The van der Waals surface area contributed by atoms with Crippen molar-refractivity contribution < 1.29 is 9.59 Å². The van der Waals surface area contributed by atoms with Gasteiger partial charge in [0.15, 0.2) is 0 Å². The van der Waals surface area contributed by atoms with Gasteiger partial charge in [-0.05, 0) is 48.2 Å². The van der Waals surface area contributed by atoms with Crippen molar-refractivity contribution in [1.82, 2.24) is 10.2 Å². The lowest BCUT2D eigenvalue weighted by Crippen LogP contribution is -2.48. The third-order valence-corrected chi connectivity index (χ3v) is 5.47. The van der Waals surface area contributed by atoms with Gasteiger partial charge in [-0.2, -0.15) is 0 Å². The molecule has 4 nitrogen and oxygen atoms in total. The quantitative estimate of drug-likeness (QED) is 0.581. The van der Waals surface area contributed by atoms with E-state index in [0.717, 1.165) is 5.56 Å². The number of carbonyl (C=O) groups excluding carboxylic acids is 2. The van der Waals surface area contributed by atoms with E-state index in [4.69, 9.17) is 34.8 Å². The number of benzene rings is 2. The molecule has 0 unspecified atom stereocenters. The van der Waals surface area contributed by atoms with Gasteiger partial charge in [-0.3, -0.25) is 9.59 Å². The van der Waals surface area contributed by atoms with Gasteiger partial charge >= 0.3 is 0 Å². The first-order valence-electron chi connectivity index (χ1n) is 9.43. The predicted octanol–water partition coefficient (Wildman–Crippen LogP) is 5.38. The minimum absolute atomic E-state index is 0.00783. The maximum absolute atomic E-state index is 13.2. The first-order chi connectivity index (χ1) is 13.7. The molecule has 0 fully saturated rings. The molecule has 1 atom stereocenters. The van der Waals surface area contributed by atoms with Crippen LogP contribution in [0.1, 0.15) is 31.9 Å². The molecule has 0 saturated carbocycles. The molecule has 0 aliphatic heterocycles. The molecule has 0 aromatic heterocycles. The van der Waals surface area contributed by atoms with Crippen molar-refractivity contribution in [2.45, 2.75) is 39.8 Å². The van der Waals surface area contributed by atoms with Gasteiger partial charge in [-0.15, -0.1) is 0 Å². The molecule has 156 valence electrons. The highest BCUT2D eigenvalue weighted by Gasteiger charge is 2.27. The van der Waals surface area contributed by atoms with Crippen molar-refractivity contribution in [3.8, 4) is 0 Å². The number of nitrogens with zero attached hydrogens (tertiary/aromatic N) is 1. The molecular formula is C22H25Cl3N2O2. The fraction of sp³-hybridized carbons (Fsp3) is 0.364. The lowest BCUT2D eigenvalue weighted by Gasteiger charge is -2.29. The molecule has 0 spiro atoms. The minimum atomic E-state index is -0.654. The fourth-order valence-corrected chi connectivity index (χ4v) is 3.43. The summed E-state index contributed by atoms with van der Waals surface area (Å²) in [5.74, 6) is -0.123. The number of nitrogens with one attached hydrogen (secondary N) is 1. The van der Waals surface area contributed by atoms with E-state index in [-0.39, 0.29) is 24.8 Å². The van der Waals surface area contributed by atoms with E-state index in [0.29, 0.717) is 33.1 Å². The molecule has 0 aliphatic carbocycles. The van der Waals surface area contributed by atoms with Gasteiger partial charge in [0.25, 0.3) is 0 Å². The Hall–Kier alpha value is -1.75. The molecule has 2 aromatic rings. The third kappa shape index (κ3) is 6.91. The zero-order valence-corrected chi connectivity index (χ0v) is 19.0. The molecule has 29 heavy (non-hydrogen) atoms. The maximum atomic E-state index is 13.2. The van der Waals surface area contributed by atoms with Gasteiger partial charge < -0.3 is 10.2 Å². The van der Waals surface area contributed by atoms with Crippen molar-refractivity contribution in [3.05, 3.63) is 68.7 Å². The van der Waals surface area contributed by atoms with Gasteiger partial charge in [-0.25, -0.2) is 0 Å². The Balaban J connectivity index is 2.26. The summed E-state index contributed by atoms with van der Waals surface area (Å²) in [5.41, 5.74) is 1.42. The molecule has 0 bridgehead atoms. The second kappa shape index (κ2) is 10.9. The number of rotatable bonds is 8. The summed E-state index contributed by atoms with van der Waals surface area (Å²) in [6, 6.07) is 11.6. The van der Waals surface area contributed by atoms with Crippen LogP contribution in [0.4, 0.5) is 0 Å². The Morgan fingerprint density at radius 1 is 0.966 bits per heavy atom. The van der Waals surface area contributed by atoms with E-state index >= 15 is 0 Å². The Bertz CT molecular complexity index is 833. The molecule has 0 saturated heterocycles. The lowest BCUT2D eigenvalue weighted by molar-refractivity contribution is -0.140. The Kier molecular flexibility index (Phi) is 8.81. The highest BCUT2D eigenvalue weighted by molar-refractivity contribution is 6.36. The number of halogens is 3. The van der Waals surface area contributed by atoms with Gasteiger partial charge in [0.1, 0.15) is 6.04 Å². The van der Waals surface area contributed by atoms with Crippen molar-refractivity contribution >= 4 is 46.6 Å². The van der Waals surface area contributed by atoms with Crippen LogP contribution in [0.25, 0.3) is 0 Å². The largest absolute Gasteiger partial charge is 0.354 e. The minimum Gasteiger partial charge on any atom is -0.354 e. The van der Waals surface area contributed by atoms with Crippen molar-refractivity contribution in [1.29, 1.82) is 0 Å². The summed E-state index contributed by atoms with van der Waals surface area (Å²) in [7, 11) is 0. The highest BCUT2D eigenvalue weighted by atomic mass is 35.5. The van der Waals surface area contributed by atoms with E-state index in [1.54, 1.807) is 42.2 Å². The normalized spacial score (nSPS) is 12.0. The SMILES string of the molecule is CC(C)CNC(=O)[C@@H](C)N(Cc1ccc(Cl)cc1)C(=O)Cc1c(Cl)cccc1Cl. The van der Waals surface area contributed by atoms with E-state index in [1.165, 1.54) is 0 Å². The molecular weight excluding hydrogens is 431 g/mol. The van der Waals surface area contributed by atoms with Crippen LogP contribution < -0.4 is 5.32 Å². The standard InChI is InChI=1S/C22H25Cl3N2O2/c1-14(2)12-26-22(29)15(3)27(13-16-7-9-17(23)10-8-16)21(28)11-18-19(24)5-4-6-20(18)25/h4-10,14-15H,11-13H2,1-3H3,(H,26,29)/t15-/m1/s1. The number of hydrogen-bond donors (Lipinski definition) is 1. The Labute approximate surface area is 187 Å². The summed E-state index contributed by atoms with van der Waals surface area (Å²) < 4.78 is 0. The monoisotopic (exact) mass is 454 g/mol. The molecule has 2 amide bonds. The lowest BCUT2D eigenvalue weighted by atomic mass is 10.1. The van der Waals surface area contributed by atoms with Crippen LogP contribution in [0.5, 0.6) is 0 Å². The zero-order chi connectivity index (χ0) is 21.6. The zero-order valence-electron chi connectivity index (χ0n) is 16.7. The van der Waals surface area contributed by atoms with Crippen LogP contribution in [0.15, 0.2) is 42.5 Å². The van der Waals surface area contributed by atoms with Crippen LogP contribution in [0, 0.1) is 5.92 Å². The summed E-state index contributed by atoms with van der Waals surface area (Å²) in [6.45, 7) is 6.57. The summed E-state index contributed by atoms with van der Waals surface area (Å²) in [5, 5.41) is 4.35. The number of amides is 2. The average Bonchev–Trinajstić information content (AvgIpc) is 2.67. The van der Waals surface area contributed by atoms with E-state index in [9.17, 15) is 9.59 Å². The number of carbonyl (C=O) groups is 2. The van der Waals surface area contributed by atoms with Gasteiger partial charge in [-0.1, -0.05) is 66.8 Å².